The molecule has 1 aliphatic carbocycles. The summed E-state index contributed by atoms with van der Waals surface area (Å²) in [4.78, 5) is 36.0. The van der Waals surface area contributed by atoms with Crippen LogP contribution < -0.4 is 5.73 Å². The number of carbonyl (C=O) groups is 3. The summed E-state index contributed by atoms with van der Waals surface area (Å²) in [5, 5.41) is 9.62. The van der Waals surface area contributed by atoms with Gasteiger partial charge in [0.05, 0.1) is 5.41 Å². The Bertz CT molecular complexity index is 470. The quantitative estimate of drug-likeness (QED) is 0.481. The molecular weight excluding hydrogens is 326 g/mol. The molecule has 0 radical (unpaired) electrons. The lowest BCUT2D eigenvalue weighted by atomic mass is 9.69. The Hall–Kier alpha value is -1.63. The van der Waals surface area contributed by atoms with Gasteiger partial charge in [-0.2, -0.15) is 0 Å². The second kappa shape index (κ2) is 9.75. The molecule has 1 saturated carbocycles. The summed E-state index contributed by atoms with van der Waals surface area (Å²) in [5.41, 5.74) is 4.69. The number of carbonyl (C=O) groups excluding carboxylic acids is 2. The molecule has 7 nitrogen and oxygen atoms in total. The van der Waals surface area contributed by atoms with Crippen LogP contribution >= 0.6 is 0 Å². The van der Waals surface area contributed by atoms with Crippen LogP contribution in [0.1, 0.15) is 72.1 Å². The van der Waals surface area contributed by atoms with Crippen molar-refractivity contribution in [2.24, 2.45) is 17.1 Å². The Morgan fingerprint density at radius 2 is 1.72 bits per heavy atom. The number of aliphatic carboxylic acids is 1. The van der Waals surface area contributed by atoms with Crippen LogP contribution in [0.3, 0.4) is 0 Å². The predicted octanol–water partition coefficient (Wildman–Crippen LogP) is 2.61. The zero-order chi connectivity index (χ0) is 19.0. The molecule has 0 aromatic heterocycles. The smallest absolute Gasteiger partial charge is 0.327 e. The molecule has 25 heavy (non-hydrogen) atoms. The Morgan fingerprint density at radius 1 is 1.12 bits per heavy atom. The van der Waals surface area contributed by atoms with E-state index in [2.05, 4.69) is 0 Å². The SMILES string of the molecule is CCCC(OC(=O)CC(C)C)OC(=O)C(N)C1(C(=O)O)CCCCC1. The first-order chi connectivity index (χ1) is 11.7. The third-order valence-corrected chi connectivity index (χ3v) is 4.63. The van der Waals surface area contributed by atoms with Crippen LogP contribution in [-0.2, 0) is 23.9 Å². The summed E-state index contributed by atoms with van der Waals surface area (Å²) in [7, 11) is 0. The maximum Gasteiger partial charge on any atom is 0.327 e. The molecule has 144 valence electrons. The fourth-order valence-corrected chi connectivity index (χ4v) is 3.17. The maximum atomic E-state index is 12.4. The van der Waals surface area contributed by atoms with E-state index in [9.17, 15) is 19.5 Å². The molecule has 0 spiro atoms. The minimum atomic E-state index is -1.30. The highest BCUT2D eigenvalue weighted by Crippen LogP contribution is 2.39. The Labute approximate surface area is 149 Å². The van der Waals surface area contributed by atoms with Crippen LogP contribution in [0.15, 0.2) is 0 Å². The first kappa shape index (κ1) is 21.4. The summed E-state index contributed by atoms with van der Waals surface area (Å²) in [6.45, 7) is 5.65. The summed E-state index contributed by atoms with van der Waals surface area (Å²) in [5.74, 6) is -2.20. The van der Waals surface area contributed by atoms with E-state index in [4.69, 9.17) is 15.2 Å². The van der Waals surface area contributed by atoms with Gasteiger partial charge in [-0.15, -0.1) is 0 Å². The minimum absolute atomic E-state index is 0.130. The van der Waals surface area contributed by atoms with Crippen molar-refractivity contribution >= 4 is 17.9 Å². The second-order valence-electron chi connectivity index (χ2n) is 7.24. The van der Waals surface area contributed by atoms with Crippen molar-refractivity contribution in [3.8, 4) is 0 Å². The highest BCUT2D eigenvalue weighted by molar-refractivity contribution is 5.87. The topological polar surface area (TPSA) is 116 Å². The van der Waals surface area contributed by atoms with E-state index in [0.717, 1.165) is 19.3 Å². The molecule has 0 aliphatic heterocycles. The van der Waals surface area contributed by atoms with Crippen LogP contribution in [-0.4, -0.2) is 35.3 Å². The molecule has 1 rings (SSSR count). The molecular formula is C18H31NO6. The van der Waals surface area contributed by atoms with Crippen LogP contribution in [0.25, 0.3) is 0 Å². The summed E-state index contributed by atoms with van der Waals surface area (Å²) < 4.78 is 10.5. The fourth-order valence-electron chi connectivity index (χ4n) is 3.17. The van der Waals surface area contributed by atoms with Crippen molar-refractivity contribution in [1.29, 1.82) is 0 Å². The van der Waals surface area contributed by atoms with E-state index in [-0.39, 0.29) is 12.3 Å². The van der Waals surface area contributed by atoms with Crippen LogP contribution in [0.5, 0.6) is 0 Å². The van der Waals surface area contributed by atoms with Crippen molar-refractivity contribution in [2.45, 2.75) is 84.5 Å². The number of nitrogens with two attached hydrogens (primary N) is 1. The number of hydrogen-bond donors (Lipinski definition) is 2. The van der Waals surface area contributed by atoms with Gasteiger partial charge in [0.1, 0.15) is 6.04 Å². The zero-order valence-electron chi connectivity index (χ0n) is 15.5. The van der Waals surface area contributed by atoms with Crippen molar-refractivity contribution < 1.29 is 29.0 Å². The number of esters is 2. The number of carboxylic acids is 1. The molecule has 0 amide bonds. The van der Waals surface area contributed by atoms with Crippen molar-refractivity contribution in [2.75, 3.05) is 0 Å². The normalized spacial score (nSPS) is 19.1. The molecule has 7 heteroatoms. The molecule has 1 fully saturated rings. The first-order valence-corrected chi connectivity index (χ1v) is 9.12. The van der Waals surface area contributed by atoms with Gasteiger partial charge in [0, 0.05) is 12.8 Å². The Kier molecular flexibility index (Phi) is 8.35. The van der Waals surface area contributed by atoms with Gasteiger partial charge in [-0.05, 0) is 25.2 Å². The monoisotopic (exact) mass is 357 g/mol. The molecule has 1 aliphatic rings. The standard InChI is InChI=1S/C18H31NO6/c1-4-8-14(24-13(20)11-12(2)3)25-16(21)15(19)18(17(22)23)9-6-5-7-10-18/h12,14-15H,4-11,19H2,1-3H3,(H,22,23). The number of hydrogen-bond acceptors (Lipinski definition) is 6. The maximum absolute atomic E-state index is 12.4. The molecule has 0 bridgehead atoms. The third-order valence-electron chi connectivity index (χ3n) is 4.63. The van der Waals surface area contributed by atoms with Gasteiger partial charge in [0.2, 0.25) is 6.29 Å². The molecule has 0 aromatic carbocycles. The van der Waals surface area contributed by atoms with Crippen LogP contribution in [0.4, 0.5) is 0 Å². The van der Waals surface area contributed by atoms with E-state index in [0.29, 0.717) is 25.7 Å². The highest BCUT2D eigenvalue weighted by Gasteiger charge is 2.49. The predicted molar refractivity (Wildman–Crippen MR) is 91.5 cm³/mol. The molecule has 0 aromatic rings. The fraction of sp³-hybridized carbons (Fsp3) is 0.833. The number of carboxylic acid groups (broad SMARTS) is 1. The number of rotatable bonds is 9. The van der Waals surface area contributed by atoms with E-state index < -0.39 is 35.7 Å². The lowest BCUT2D eigenvalue weighted by molar-refractivity contribution is -0.194. The van der Waals surface area contributed by atoms with Gasteiger partial charge >= 0.3 is 17.9 Å². The molecule has 3 N–H and O–H groups in total. The molecule has 0 heterocycles. The van der Waals surface area contributed by atoms with Crippen molar-refractivity contribution in [3.63, 3.8) is 0 Å². The minimum Gasteiger partial charge on any atom is -0.481 e. The number of ether oxygens (including phenoxy) is 2. The van der Waals surface area contributed by atoms with Crippen molar-refractivity contribution in [1.82, 2.24) is 0 Å². The van der Waals surface area contributed by atoms with E-state index in [1.54, 1.807) is 0 Å². The average Bonchev–Trinajstić information content (AvgIpc) is 2.53. The lowest BCUT2D eigenvalue weighted by Gasteiger charge is -2.37. The molecule has 0 saturated heterocycles. The van der Waals surface area contributed by atoms with Gasteiger partial charge in [-0.25, -0.2) is 0 Å². The molecule has 2 atom stereocenters. The summed E-state index contributed by atoms with van der Waals surface area (Å²) >= 11 is 0. The van der Waals surface area contributed by atoms with Gasteiger partial charge in [0.25, 0.3) is 0 Å². The summed E-state index contributed by atoms with van der Waals surface area (Å²) in [6, 6.07) is -1.27. The Balaban J connectivity index is 2.77. The van der Waals surface area contributed by atoms with Gasteiger partial charge in [0.15, 0.2) is 0 Å². The van der Waals surface area contributed by atoms with E-state index in [1.165, 1.54) is 0 Å². The third kappa shape index (κ3) is 5.99. The van der Waals surface area contributed by atoms with Gasteiger partial charge in [-0.3, -0.25) is 14.4 Å². The van der Waals surface area contributed by atoms with Gasteiger partial charge < -0.3 is 20.3 Å². The van der Waals surface area contributed by atoms with E-state index in [1.807, 2.05) is 20.8 Å². The van der Waals surface area contributed by atoms with Crippen molar-refractivity contribution in [3.05, 3.63) is 0 Å². The molecule has 2 unspecified atom stereocenters. The highest BCUT2D eigenvalue weighted by atomic mass is 16.7. The van der Waals surface area contributed by atoms with Crippen LogP contribution in [0.2, 0.25) is 0 Å². The largest absolute Gasteiger partial charge is 0.481 e. The van der Waals surface area contributed by atoms with Crippen LogP contribution in [0, 0.1) is 11.3 Å². The zero-order valence-corrected chi connectivity index (χ0v) is 15.5. The first-order valence-electron chi connectivity index (χ1n) is 9.12. The summed E-state index contributed by atoms with van der Waals surface area (Å²) in [6.07, 6.45) is 3.27. The van der Waals surface area contributed by atoms with E-state index >= 15 is 0 Å². The van der Waals surface area contributed by atoms with Gasteiger partial charge in [-0.1, -0.05) is 40.0 Å². The lowest BCUT2D eigenvalue weighted by Crippen LogP contribution is -2.54. The average molecular weight is 357 g/mol. The second-order valence-corrected chi connectivity index (χ2v) is 7.24. The Morgan fingerprint density at radius 3 is 2.20 bits per heavy atom.